The number of aryl methyl sites for hydroxylation is 3. The number of hydrogen-bond donors (Lipinski definition) is 2. The highest BCUT2D eigenvalue weighted by molar-refractivity contribution is 7.16. The molecule has 0 bridgehead atoms. The fourth-order valence-electron chi connectivity index (χ4n) is 3.65. The molecule has 1 aliphatic heterocycles. The molecule has 1 aromatic carbocycles. The van der Waals surface area contributed by atoms with Gasteiger partial charge >= 0.3 is 0 Å². The number of fused-ring (bicyclic) bond motifs is 1. The minimum atomic E-state index is -0.351. The van der Waals surface area contributed by atoms with E-state index in [-0.39, 0.29) is 18.2 Å². The maximum Gasteiger partial charge on any atom is 0.251 e. The first-order chi connectivity index (χ1) is 12.5. The predicted molar refractivity (Wildman–Crippen MR) is 103 cm³/mol. The molecule has 1 aromatic heterocycles. The highest BCUT2D eigenvalue weighted by Crippen LogP contribution is 2.40. The van der Waals surface area contributed by atoms with Crippen LogP contribution >= 0.6 is 11.3 Å². The molecule has 1 saturated heterocycles. The Labute approximate surface area is 157 Å². The zero-order valence-electron chi connectivity index (χ0n) is 15.1. The molecule has 2 atom stereocenters. The number of hydrogen-bond acceptors (Lipinski definition) is 5. The number of anilines is 1. The van der Waals surface area contributed by atoms with E-state index in [2.05, 4.69) is 5.32 Å². The average molecular weight is 372 g/mol. The van der Waals surface area contributed by atoms with Crippen molar-refractivity contribution < 1.29 is 14.3 Å². The van der Waals surface area contributed by atoms with Crippen molar-refractivity contribution in [3.05, 3.63) is 45.3 Å². The topological polar surface area (TPSA) is 76.9 Å². The van der Waals surface area contributed by atoms with Crippen molar-refractivity contribution in [2.45, 2.75) is 51.9 Å². The standard InChI is InChI=1S/C20H24N2O3S/c1-11-6-5-7-12(2)17(11)24-10-14-19(25-14)22-20-16(18(21)23)13-8-3-4-9-15(13)26-20/h5-7,14,19,22H,3-4,8-10H2,1-2H3,(H2,21,23). The predicted octanol–water partition coefficient (Wildman–Crippen LogP) is 3.56. The average Bonchev–Trinajstić information content (AvgIpc) is 3.22. The van der Waals surface area contributed by atoms with Crippen LogP contribution in [0.1, 0.15) is 44.8 Å². The number of rotatable bonds is 6. The second-order valence-electron chi connectivity index (χ2n) is 7.05. The van der Waals surface area contributed by atoms with E-state index in [0.29, 0.717) is 12.2 Å². The number of benzene rings is 1. The quantitative estimate of drug-likeness (QED) is 0.760. The van der Waals surface area contributed by atoms with Crippen LogP contribution in [0.2, 0.25) is 0 Å². The van der Waals surface area contributed by atoms with Crippen LogP contribution in [0.5, 0.6) is 5.75 Å². The third kappa shape index (κ3) is 3.31. The van der Waals surface area contributed by atoms with E-state index in [0.717, 1.165) is 46.7 Å². The Hall–Kier alpha value is -2.05. The molecule has 3 N–H and O–H groups in total. The normalized spacial score (nSPS) is 21.2. The minimum Gasteiger partial charge on any atom is -0.490 e. The third-order valence-corrected chi connectivity index (χ3v) is 6.30. The van der Waals surface area contributed by atoms with Gasteiger partial charge in [-0.25, -0.2) is 0 Å². The molecule has 0 saturated carbocycles. The van der Waals surface area contributed by atoms with Gasteiger partial charge in [-0.15, -0.1) is 11.3 Å². The summed E-state index contributed by atoms with van der Waals surface area (Å²) in [6, 6.07) is 6.11. The fraction of sp³-hybridized carbons (Fsp3) is 0.450. The first kappa shape index (κ1) is 17.4. The van der Waals surface area contributed by atoms with Crippen LogP contribution < -0.4 is 15.8 Å². The van der Waals surface area contributed by atoms with Gasteiger partial charge < -0.3 is 20.5 Å². The van der Waals surface area contributed by atoms with Crippen molar-refractivity contribution in [3.63, 3.8) is 0 Å². The first-order valence-corrected chi connectivity index (χ1v) is 9.91. The number of carbonyl (C=O) groups is 1. The lowest BCUT2D eigenvalue weighted by Gasteiger charge is -2.11. The number of nitrogens with one attached hydrogen (secondary N) is 1. The Morgan fingerprint density at radius 2 is 2.04 bits per heavy atom. The van der Waals surface area contributed by atoms with Gasteiger partial charge in [0.2, 0.25) is 0 Å². The minimum absolute atomic E-state index is 0.0196. The Bertz CT molecular complexity index is 826. The van der Waals surface area contributed by atoms with Crippen molar-refractivity contribution in [2.24, 2.45) is 5.73 Å². The number of amides is 1. The van der Waals surface area contributed by atoms with E-state index in [1.807, 2.05) is 32.0 Å². The second kappa shape index (κ2) is 6.93. The molecule has 0 spiro atoms. The summed E-state index contributed by atoms with van der Waals surface area (Å²) in [6.07, 6.45) is 4.13. The van der Waals surface area contributed by atoms with Crippen LogP contribution in [0.15, 0.2) is 18.2 Å². The Morgan fingerprint density at radius 1 is 1.31 bits per heavy atom. The van der Waals surface area contributed by atoms with Gasteiger partial charge in [0, 0.05) is 4.88 Å². The summed E-state index contributed by atoms with van der Waals surface area (Å²) in [6.45, 7) is 4.57. The van der Waals surface area contributed by atoms with Crippen molar-refractivity contribution >= 4 is 22.2 Å². The van der Waals surface area contributed by atoms with Crippen molar-refractivity contribution in [2.75, 3.05) is 11.9 Å². The fourth-order valence-corrected chi connectivity index (χ4v) is 4.97. The van der Waals surface area contributed by atoms with Crippen molar-refractivity contribution in [1.29, 1.82) is 0 Å². The number of primary amides is 1. The van der Waals surface area contributed by atoms with Gasteiger partial charge in [-0.2, -0.15) is 0 Å². The molecule has 26 heavy (non-hydrogen) atoms. The summed E-state index contributed by atoms with van der Waals surface area (Å²) in [5.74, 6) is 0.571. The summed E-state index contributed by atoms with van der Waals surface area (Å²) in [7, 11) is 0. The zero-order chi connectivity index (χ0) is 18.3. The Kier molecular flexibility index (Phi) is 4.63. The van der Waals surface area contributed by atoms with Gasteiger partial charge in [-0.3, -0.25) is 4.79 Å². The van der Waals surface area contributed by atoms with Gasteiger partial charge in [0.15, 0.2) is 6.23 Å². The number of nitrogens with two attached hydrogens (primary N) is 1. The first-order valence-electron chi connectivity index (χ1n) is 9.10. The lowest BCUT2D eigenvalue weighted by atomic mass is 9.95. The second-order valence-corrected chi connectivity index (χ2v) is 8.16. The number of carbonyl (C=O) groups excluding carboxylic acids is 1. The summed E-state index contributed by atoms with van der Waals surface area (Å²) in [5.41, 5.74) is 9.69. The van der Waals surface area contributed by atoms with Gasteiger partial charge in [-0.1, -0.05) is 18.2 Å². The highest BCUT2D eigenvalue weighted by Gasteiger charge is 2.41. The molecule has 138 valence electrons. The van der Waals surface area contributed by atoms with Gasteiger partial charge in [0.05, 0.1) is 5.56 Å². The van der Waals surface area contributed by atoms with Crippen LogP contribution in [0.3, 0.4) is 0 Å². The summed E-state index contributed by atoms with van der Waals surface area (Å²) >= 11 is 1.65. The van der Waals surface area contributed by atoms with E-state index in [4.69, 9.17) is 15.2 Å². The number of thiophene rings is 1. The lowest BCUT2D eigenvalue weighted by Crippen LogP contribution is -2.18. The zero-order valence-corrected chi connectivity index (χ0v) is 15.9. The SMILES string of the molecule is Cc1cccc(C)c1OCC1OC1Nc1sc2c(c1C(N)=O)CCCC2. The van der Waals surface area contributed by atoms with Crippen LogP contribution in [-0.2, 0) is 17.6 Å². The molecular formula is C20H24N2O3S. The molecule has 2 unspecified atom stereocenters. The largest absolute Gasteiger partial charge is 0.490 e. The van der Waals surface area contributed by atoms with E-state index < -0.39 is 0 Å². The summed E-state index contributed by atoms with van der Waals surface area (Å²) in [4.78, 5) is 13.2. The molecule has 0 radical (unpaired) electrons. The molecule has 2 heterocycles. The number of epoxide rings is 1. The van der Waals surface area contributed by atoms with Gasteiger partial charge in [-0.05, 0) is 56.2 Å². The van der Waals surface area contributed by atoms with Crippen LogP contribution in [-0.4, -0.2) is 24.8 Å². The van der Waals surface area contributed by atoms with E-state index in [1.54, 1.807) is 11.3 Å². The highest BCUT2D eigenvalue weighted by atomic mass is 32.1. The molecule has 4 rings (SSSR count). The molecule has 2 aromatic rings. The molecule has 1 aliphatic carbocycles. The Morgan fingerprint density at radius 3 is 2.77 bits per heavy atom. The number of para-hydroxylation sites is 1. The molecule has 2 aliphatic rings. The molecule has 1 amide bonds. The van der Waals surface area contributed by atoms with E-state index >= 15 is 0 Å². The third-order valence-electron chi connectivity index (χ3n) is 5.07. The molecule has 6 heteroatoms. The number of ether oxygens (including phenoxy) is 2. The smallest absolute Gasteiger partial charge is 0.251 e. The maximum atomic E-state index is 11.9. The molecule has 1 fully saturated rings. The van der Waals surface area contributed by atoms with Crippen molar-refractivity contribution in [1.82, 2.24) is 0 Å². The van der Waals surface area contributed by atoms with Crippen LogP contribution in [0, 0.1) is 13.8 Å². The van der Waals surface area contributed by atoms with Gasteiger partial charge in [0.25, 0.3) is 5.91 Å². The summed E-state index contributed by atoms with van der Waals surface area (Å²) < 4.78 is 11.7. The summed E-state index contributed by atoms with van der Waals surface area (Å²) in [5, 5.41) is 4.20. The Balaban J connectivity index is 1.41. The van der Waals surface area contributed by atoms with E-state index in [9.17, 15) is 4.79 Å². The lowest BCUT2D eigenvalue weighted by molar-refractivity contribution is 0.100. The molecular weight excluding hydrogens is 348 g/mol. The maximum absolute atomic E-state index is 11.9. The van der Waals surface area contributed by atoms with Gasteiger partial charge in [0.1, 0.15) is 23.5 Å². The monoisotopic (exact) mass is 372 g/mol. The van der Waals surface area contributed by atoms with Crippen molar-refractivity contribution in [3.8, 4) is 5.75 Å². The van der Waals surface area contributed by atoms with Crippen LogP contribution in [0.25, 0.3) is 0 Å². The van der Waals surface area contributed by atoms with E-state index in [1.165, 1.54) is 11.3 Å². The molecule has 5 nitrogen and oxygen atoms in total. The van der Waals surface area contributed by atoms with Crippen LogP contribution in [0.4, 0.5) is 5.00 Å².